The summed E-state index contributed by atoms with van der Waals surface area (Å²) in [5.74, 6) is 0.894. The van der Waals surface area contributed by atoms with Crippen LogP contribution in [-0.4, -0.2) is 52.9 Å². The van der Waals surface area contributed by atoms with Crippen LogP contribution in [0, 0.1) is 0 Å². The number of nitrogen functional groups attached to an aromatic ring is 1. The lowest BCUT2D eigenvalue weighted by atomic mass is 10.0. The van der Waals surface area contributed by atoms with Gasteiger partial charge in [-0.25, -0.2) is 4.98 Å². The summed E-state index contributed by atoms with van der Waals surface area (Å²) in [6, 6.07) is 15.5. The fraction of sp³-hybridized carbons (Fsp3) is 0.357. The number of nitrogens with zero attached hydrogens (tertiary/aromatic N) is 3. The van der Waals surface area contributed by atoms with Gasteiger partial charge in [0.1, 0.15) is 6.61 Å². The normalized spacial score (nSPS) is 16.9. The van der Waals surface area contributed by atoms with Crippen molar-refractivity contribution >= 4 is 34.9 Å². The molecule has 5 rings (SSSR count). The van der Waals surface area contributed by atoms with Gasteiger partial charge in [-0.05, 0) is 80.2 Å². The highest BCUT2D eigenvalue weighted by Gasteiger charge is 2.28. The molecule has 1 amide bonds. The summed E-state index contributed by atoms with van der Waals surface area (Å²) in [7, 11) is 0. The Morgan fingerprint density at radius 3 is 2.36 bits per heavy atom. The number of aromatic nitrogens is 1. The Bertz CT molecular complexity index is 1220. The minimum Gasteiger partial charge on any atom is -0.485 e. The van der Waals surface area contributed by atoms with Crippen molar-refractivity contribution in [2.24, 2.45) is 0 Å². The first-order valence-electron chi connectivity index (χ1n) is 12.4. The summed E-state index contributed by atoms with van der Waals surface area (Å²) >= 11 is 12.1. The fourth-order valence-corrected chi connectivity index (χ4v) is 5.37. The van der Waals surface area contributed by atoms with Gasteiger partial charge in [-0.15, -0.1) is 0 Å². The van der Waals surface area contributed by atoms with E-state index in [1.165, 1.54) is 25.9 Å². The maximum Gasteiger partial charge on any atom is 0.253 e. The lowest BCUT2D eigenvalue weighted by Gasteiger charge is -2.36. The Morgan fingerprint density at radius 2 is 1.67 bits per heavy atom. The van der Waals surface area contributed by atoms with Crippen LogP contribution in [-0.2, 0) is 6.61 Å². The number of piperidine rings is 1. The monoisotopic (exact) mass is 524 g/mol. The Morgan fingerprint density at radius 1 is 0.944 bits per heavy atom. The molecule has 8 heteroatoms. The number of benzene rings is 2. The van der Waals surface area contributed by atoms with Gasteiger partial charge in [0.2, 0.25) is 0 Å². The number of pyridine rings is 1. The third-order valence-electron chi connectivity index (χ3n) is 7.13. The largest absolute Gasteiger partial charge is 0.485 e. The van der Waals surface area contributed by atoms with E-state index in [2.05, 4.69) is 9.88 Å². The molecule has 6 nitrogen and oxygen atoms in total. The first-order chi connectivity index (χ1) is 17.5. The van der Waals surface area contributed by atoms with Crippen LogP contribution in [0.2, 0.25) is 10.0 Å². The summed E-state index contributed by atoms with van der Waals surface area (Å²) in [5.41, 5.74) is 9.42. The highest BCUT2D eigenvalue weighted by molar-refractivity contribution is 6.42. The summed E-state index contributed by atoms with van der Waals surface area (Å²) < 4.78 is 5.91. The maximum absolute atomic E-state index is 13.1. The van der Waals surface area contributed by atoms with Crippen molar-refractivity contribution < 1.29 is 9.53 Å². The van der Waals surface area contributed by atoms with E-state index in [0.717, 1.165) is 42.6 Å². The van der Waals surface area contributed by atoms with Gasteiger partial charge in [0, 0.05) is 36.5 Å². The van der Waals surface area contributed by atoms with Crippen molar-refractivity contribution in [1.82, 2.24) is 14.8 Å². The molecule has 0 atom stereocenters. The second kappa shape index (κ2) is 11.1. The molecule has 2 aromatic carbocycles. The summed E-state index contributed by atoms with van der Waals surface area (Å²) in [5, 5.41) is 0.972. The molecule has 2 saturated heterocycles. The van der Waals surface area contributed by atoms with Gasteiger partial charge in [-0.1, -0.05) is 41.4 Å². The van der Waals surface area contributed by atoms with Crippen LogP contribution in [0.15, 0.2) is 54.7 Å². The number of halogens is 2. The topological polar surface area (TPSA) is 71.7 Å². The zero-order valence-electron chi connectivity index (χ0n) is 20.1. The minimum atomic E-state index is 0.0995. The Balaban J connectivity index is 1.22. The number of ether oxygens (including phenoxy) is 1. The van der Waals surface area contributed by atoms with Crippen LogP contribution in [0.1, 0.15) is 41.6 Å². The van der Waals surface area contributed by atoms with Crippen molar-refractivity contribution in [2.45, 2.75) is 38.3 Å². The van der Waals surface area contributed by atoms with E-state index >= 15 is 0 Å². The number of hydrogen-bond acceptors (Lipinski definition) is 5. The fourth-order valence-electron chi connectivity index (χ4n) is 5.05. The highest BCUT2D eigenvalue weighted by Crippen LogP contribution is 2.29. The number of likely N-dealkylation sites (tertiary alicyclic amines) is 2. The second-order valence-electron chi connectivity index (χ2n) is 9.49. The van der Waals surface area contributed by atoms with E-state index in [9.17, 15) is 4.79 Å². The Hall–Kier alpha value is -2.80. The van der Waals surface area contributed by atoms with Crippen molar-refractivity contribution in [3.05, 3.63) is 75.9 Å². The van der Waals surface area contributed by atoms with Crippen LogP contribution in [0.3, 0.4) is 0 Å². The van der Waals surface area contributed by atoms with E-state index in [0.29, 0.717) is 33.2 Å². The van der Waals surface area contributed by atoms with Gasteiger partial charge in [-0.3, -0.25) is 4.79 Å². The molecule has 36 heavy (non-hydrogen) atoms. The van der Waals surface area contributed by atoms with E-state index < -0.39 is 0 Å². The van der Waals surface area contributed by atoms with E-state index in [4.69, 9.17) is 33.7 Å². The summed E-state index contributed by atoms with van der Waals surface area (Å²) in [6.07, 6.45) is 6.44. The molecular weight excluding hydrogens is 495 g/mol. The van der Waals surface area contributed by atoms with Crippen LogP contribution in [0.25, 0.3) is 11.1 Å². The molecule has 2 N–H and O–H groups in total. The molecule has 1 aromatic heterocycles. The molecule has 3 heterocycles. The SMILES string of the molecule is Nc1ncc(-c2ccc(C(=O)N3CCC(N4CCCC4)CC3)cc2)cc1OCc1ccc(Cl)c(Cl)c1. The van der Waals surface area contributed by atoms with Crippen molar-refractivity contribution in [3.8, 4) is 16.9 Å². The molecule has 0 radical (unpaired) electrons. The molecule has 0 saturated carbocycles. The molecule has 0 bridgehead atoms. The molecule has 0 spiro atoms. The number of amides is 1. The lowest BCUT2D eigenvalue weighted by Crippen LogP contribution is -2.45. The standard InChI is InChI=1S/C28H30Cl2N4O2/c29-24-8-3-19(15-25(24)30)18-36-26-16-22(17-32-27(26)31)20-4-6-21(7-5-20)28(35)34-13-9-23(10-14-34)33-11-1-2-12-33/h3-8,15-17,23H,1-2,9-14,18H2,(H2,31,32). The van der Waals surface area contributed by atoms with E-state index in [-0.39, 0.29) is 12.5 Å². The number of rotatable bonds is 6. The van der Waals surface area contributed by atoms with E-state index in [1.807, 2.05) is 41.3 Å². The average Bonchev–Trinajstić information content (AvgIpc) is 3.45. The predicted molar refractivity (Wildman–Crippen MR) is 145 cm³/mol. The molecule has 2 aliphatic heterocycles. The van der Waals surface area contributed by atoms with Crippen molar-refractivity contribution in [2.75, 3.05) is 31.9 Å². The van der Waals surface area contributed by atoms with Gasteiger partial charge in [0.25, 0.3) is 5.91 Å². The van der Waals surface area contributed by atoms with Crippen LogP contribution >= 0.6 is 23.2 Å². The lowest BCUT2D eigenvalue weighted by molar-refractivity contribution is 0.0644. The first-order valence-corrected chi connectivity index (χ1v) is 13.2. The quantitative estimate of drug-likeness (QED) is 0.433. The Labute approximate surface area is 222 Å². The van der Waals surface area contributed by atoms with Gasteiger partial charge >= 0.3 is 0 Å². The number of nitrogens with two attached hydrogens (primary N) is 1. The Kier molecular flexibility index (Phi) is 7.65. The summed E-state index contributed by atoms with van der Waals surface area (Å²) in [4.78, 5) is 22.0. The number of anilines is 1. The molecular formula is C28H30Cl2N4O2. The highest BCUT2D eigenvalue weighted by atomic mass is 35.5. The van der Waals surface area contributed by atoms with Gasteiger partial charge in [-0.2, -0.15) is 0 Å². The van der Waals surface area contributed by atoms with Gasteiger partial charge in [0.15, 0.2) is 11.6 Å². The molecule has 2 aliphatic rings. The van der Waals surface area contributed by atoms with Crippen LogP contribution < -0.4 is 10.5 Å². The van der Waals surface area contributed by atoms with Gasteiger partial charge in [0.05, 0.1) is 10.0 Å². The van der Waals surface area contributed by atoms with Crippen molar-refractivity contribution in [1.29, 1.82) is 0 Å². The first kappa shape index (κ1) is 24.9. The zero-order chi connectivity index (χ0) is 25.1. The third-order valence-corrected chi connectivity index (χ3v) is 7.87. The zero-order valence-corrected chi connectivity index (χ0v) is 21.6. The van der Waals surface area contributed by atoms with Gasteiger partial charge < -0.3 is 20.3 Å². The third kappa shape index (κ3) is 5.61. The number of carbonyl (C=O) groups is 1. The summed E-state index contributed by atoms with van der Waals surface area (Å²) in [6.45, 7) is 4.35. The van der Waals surface area contributed by atoms with Crippen LogP contribution in [0.5, 0.6) is 5.75 Å². The number of hydrogen-bond donors (Lipinski definition) is 1. The molecule has 2 fully saturated rings. The molecule has 3 aromatic rings. The average molecular weight is 525 g/mol. The van der Waals surface area contributed by atoms with Crippen LogP contribution in [0.4, 0.5) is 5.82 Å². The minimum absolute atomic E-state index is 0.0995. The maximum atomic E-state index is 13.1. The van der Waals surface area contributed by atoms with E-state index in [1.54, 1.807) is 18.3 Å². The predicted octanol–water partition coefficient (Wildman–Crippen LogP) is 5.92. The molecule has 0 unspecified atom stereocenters. The molecule has 0 aliphatic carbocycles. The molecule has 188 valence electrons. The smallest absolute Gasteiger partial charge is 0.253 e. The number of carbonyl (C=O) groups excluding carboxylic acids is 1. The van der Waals surface area contributed by atoms with Crippen molar-refractivity contribution in [3.63, 3.8) is 0 Å². The second-order valence-corrected chi connectivity index (χ2v) is 10.3.